The first kappa shape index (κ1) is 16.8. The lowest BCUT2D eigenvalue weighted by Crippen LogP contribution is -2.31. The third-order valence-electron chi connectivity index (χ3n) is 4.63. The van der Waals surface area contributed by atoms with E-state index in [-0.39, 0.29) is 12.1 Å². The molecule has 0 spiro atoms. The fraction of sp³-hybridized carbons (Fsp3) is 0.300. The van der Waals surface area contributed by atoms with Crippen LogP contribution in [0.2, 0.25) is 0 Å². The fourth-order valence-corrected chi connectivity index (χ4v) is 3.25. The second-order valence-electron chi connectivity index (χ2n) is 6.31. The number of ether oxygens (including phenoxy) is 2. The van der Waals surface area contributed by atoms with Crippen LogP contribution in [0.4, 0.5) is 0 Å². The third kappa shape index (κ3) is 3.61. The molecule has 1 saturated heterocycles. The zero-order valence-electron chi connectivity index (χ0n) is 14.7. The second kappa shape index (κ2) is 7.68. The van der Waals surface area contributed by atoms with Crippen LogP contribution in [0.5, 0.6) is 5.88 Å². The predicted molar refractivity (Wildman–Crippen MR) is 98.8 cm³/mol. The van der Waals surface area contributed by atoms with Gasteiger partial charge in [0, 0.05) is 30.5 Å². The molecule has 0 unspecified atom stereocenters. The number of H-pyrrole nitrogens is 1. The molecule has 2 aromatic heterocycles. The number of pyridine rings is 1. The number of methoxy groups -OCH3 is 1. The predicted octanol–water partition coefficient (Wildman–Crippen LogP) is 3.10. The first-order valence-electron chi connectivity index (χ1n) is 8.78. The quantitative estimate of drug-likeness (QED) is 0.715. The molecule has 1 aliphatic heterocycles. The molecule has 1 fully saturated rings. The molecule has 26 heavy (non-hydrogen) atoms. The maximum atomic E-state index is 5.91. The van der Waals surface area contributed by atoms with Gasteiger partial charge in [0.15, 0.2) is 0 Å². The van der Waals surface area contributed by atoms with E-state index in [1.165, 1.54) is 0 Å². The number of nitrogens with zero attached hydrogens (tertiary/aromatic N) is 2. The van der Waals surface area contributed by atoms with Crippen molar-refractivity contribution in [3.63, 3.8) is 0 Å². The van der Waals surface area contributed by atoms with Gasteiger partial charge < -0.3 is 19.8 Å². The highest BCUT2D eigenvalue weighted by Gasteiger charge is 2.29. The molecule has 0 radical (unpaired) electrons. The summed E-state index contributed by atoms with van der Waals surface area (Å²) in [6, 6.07) is 14.3. The van der Waals surface area contributed by atoms with E-state index < -0.39 is 0 Å². The van der Waals surface area contributed by atoms with Gasteiger partial charge in [-0.1, -0.05) is 30.3 Å². The minimum Gasteiger partial charge on any atom is -0.481 e. The minimum atomic E-state index is -0.00281. The van der Waals surface area contributed by atoms with Crippen molar-refractivity contribution in [2.24, 2.45) is 0 Å². The number of nitrogens with one attached hydrogen (secondary N) is 2. The Kier molecular flexibility index (Phi) is 4.95. The molecule has 6 nitrogen and oxygen atoms in total. The van der Waals surface area contributed by atoms with Gasteiger partial charge in [-0.15, -0.1) is 0 Å². The van der Waals surface area contributed by atoms with Gasteiger partial charge in [0.2, 0.25) is 5.88 Å². The van der Waals surface area contributed by atoms with Crippen LogP contribution in [-0.4, -0.2) is 34.7 Å². The number of hydrogen-bond donors (Lipinski definition) is 2. The average molecular weight is 350 g/mol. The number of aromatic nitrogens is 3. The molecule has 0 saturated carbocycles. The molecule has 2 atom stereocenters. The highest BCUT2D eigenvalue weighted by molar-refractivity contribution is 5.57. The maximum Gasteiger partial charge on any atom is 0.212 e. The Morgan fingerprint density at radius 3 is 2.81 bits per heavy atom. The van der Waals surface area contributed by atoms with Gasteiger partial charge in [-0.25, -0.2) is 9.97 Å². The molecular formula is C20H22N4O2. The van der Waals surface area contributed by atoms with E-state index in [0.29, 0.717) is 12.4 Å². The lowest BCUT2D eigenvalue weighted by atomic mass is 10.0. The minimum absolute atomic E-state index is 0.00281. The molecule has 1 aromatic carbocycles. The van der Waals surface area contributed by atoms with E-state index in [9.17, 15) is 0 Å². The summed E-state index contributed by atoms with van der Waals surface area (Å²) in [6.45, 7) is 1.41. The van der Waals surface area contributed by atoms with Crippen LogP contribution in [-0.2, 0) is 11.3 Å². The topological polar surface area (TPSA) is 72.1 Å². The van der Waals surface area contributed by atoms with Gasteiger partial charge >= 0.3 is 0 Å². The Hall–Kier alpha value is -2.70. The van der Waals surface area contributed by atoms with Crippen LogP contribution in [0.1, 0.15) is 23.9 Å². The zero-order chi connectivity index (χ0) is 17.8. The lowest BCUT2D eigenvalue weighted by molar-refractivity contribution is 0.0980. The number of benzene rings is 1. The first-order valence-corrected chi connectivity index (χ1v) is 8.78. The van der Waals surface area contributed by atoms with Crippen LogP contribution in [0.3, 0.4) is 0 Å². The number of rotatable bonds is 6. The Morgan fingerprint density at radius 1 is 1.15 bits per heavy atom. The Labute approximate surface area is 152 Å². The van der Waals surface area contributed by atoms with Crippen LogP contribution in [0.15, 0.2) is 54.9 Å². The molecule has 0 amide bonds. The standard InChI is InChI=1S/C20H22N4O2/c1-25-19-8-7-15(11-23-19)20-16(9-10-26-20)21-13-18-22-12-17(24-18)14-5-3-2-4-6-14/h2-8,11-12,16,20-21H,9-10,13H2,1H3,(H,22,24)/t16-,20+/m0/s1. The van der Waals surface area contributed by atoms with Gasteiger partial charge in [-0.05, 0) is 18.1 Å². The van der Waals surface area contributed by atoms with Crippen LogP contribution in [0, 0.1) is 0 Å². The van der Waals surface area contributed by atoms with Crippen molar-refractivity contribution < 1.29 is 9.47 Å². The monoisotopic (exact) mass is 350 g/mol. The smallest absolute Gasteiger partial charge is 0.212 e. The molecule has 2 N–H and O–H groups in total. The van der Waals surface area contributed by atoms with Gasteiger partial charge in [0.25, 0.3) is 0 Å². The number of imidazole rings is 1. The van der Waals surface area contributed by atoms with Gasteiger partial charge in [0.1, 0.15) is 5.82 Å². The fourth-order valence-electron chi connectivity index (χ4n) is 3.25. The molecule has 4 rings (SSSR count). The van der Waals surface area contributed by atoms with Crippen molar-refractivity contribution in [3.8, 4) is 17.1 Å². The molecule has 134 valence electrons. The Balaban J connectivity index is 1.40. The number of aromatic amines is 1. The Morgan fingerprint density at radius 2 is 2.04 bits per heavy atom. The molecule has 3 heterocycles. The van der Waals surface area contributed by atoms with Gasteiger partial charge in [-0.2, -0.15) is 0 Å². The third-order valence-corrected chi connectivity index (χ3v) is 4.63. The van der Waals surface area contributed by atoms with E-state index in [2.05, 4.69) is 32.4 Å². The molecule has 0 aliphatic carbocycles. The second-order valence-corrected chi connectivity index (χ2v) is 6.31. The van der Waals surface area contributed by atoms with E-state index in [0.717, 1.165) is 35.7 Å². The molecule has 6 heteroatoms. The molecule has 0 bridgehead atoms. The van der Waals surface area contributed by atoms with Gasteiger partial charge in [0.05, 0.1) is 31.6 Å². The summed E-state index contributed by atoms with van der Waals surface area (Å²) in [4.78, 5) is 12.1. The summed E-state index contributed by atoms with van der Waals surface area (Å²) in [5, 5.41) is 3.56. The first-order chi connectivity index (χ1) is 12.8. The molecular weight excluding hydrogens is 328 g/mol. The van der Waals surface area contributed by atoms with E-state index in [4.69, 9.17) is 9.47 Å². The normalized spacial score (nSPS) is 19.6. The summed E-state index contributed by atoms with van der Waals surface area (Å²) in [6.07, 6.45) is 4.66. The van der Waals surface area contributed by atoms with Crippen molar-refractivity contribution in [3.05, 3.63) is 66.2 Å². The van der Waals surface area contributed by atoms with Crippen molar-refractivity contribution in [1.82, 2.24) is 20.3 Å². The van der Waals surface area contributed by atoms with E-state index in [1.807, 2.05) is 42.7 Å². The summed E-state index contributed by atoms with van der Waals surface area (Å²) in [7, 11) is 1.62. The van der Waals surface area contributed by atoms with Gasteiger partial charge in [-0.3, -0.25) is 0 Å². The van der Waals surface area contributed by atoms with Crippen molar-refractivity contribution >= 4 is 0 Å². The van der Waals surface area contributed by atoms with Crippen molar-refractivity contribution in [2.45, 2.75) is 25.1 Å². The summed E-state index contributed by atoms with van der Waals surface area (Å²) in [5.41, 5.74) is 3.23. The molecule has 1 aliphatic rings. The Bertz CT molecular complexity index is 833. The van der Waals surface area contributed by atoms with E-state index in [1.54, 1.807) is 7.11 Å². The van der Waals surface area contributed by atoms with E-state index >= 15 is 0 Å². The van der Waals surface area contributed by atoms with Crippen LogP contribution >= 0.6 is 0 Å². The maximum absolute atomic E-state index is 5.91. The lowest BCUT2D eigenvalue weighted by Gasteiger charge is -2.19. The van der Waals surface area contributed by atoms with Crippen molar-refractivity contribution in [2.75, 3.05) is 13.7 Å². The summed E-state index contributed by atoms with van der Waals surface area (Å²) in [5.74, 6) is 1.53. The highest BCUT2D eigenvalue weighted by atomic mass is 16.5. The SMILES string of the molecule is COc1ccc([C@H]2OCC[C@@H]2NCc2ncc(-c3ccccc3)[nH]2)cn1. The highest BCUT2D eigenvalue weighted by Crippen LogP contribution is 2.29. The summed E-state index contributed by atoms with van der Waals surface area (Å²) >= 11 is 0. The molecule has 3 aromatic rings. The zero-order valence-corrected chi connectivity index (χ0v) is 14.7. The van der Waals surface area contributed by atoms with Crippen molar-refractivity contribution in [1.29, 1.82) is 0 Å². The largest absolute Gasteiger partial charge is 0.481 e. The summed E-state index contributed by atoms with van der Waals surface area (Å²) < 4.78 is 11.0. The average Bonchev–Trinajstić information content (AvgIpc) is 3.36. The van der Waals surface area contributed by atoms with Crippen LogP contribution < -0.4 is 10.1 Å². The van der Waals surface area contributed by atoms with Crippen LogP contribution in [0.25, 0.3) is 11.3 Å². The number of hydrogen-bond acceptors (Lipinski definition) is 5.